The van der Waals surface area contributed by atoms with Gasteiger partial charge in [0.05, 0.1) is 19.3 Å². The van der Waals surface area contributed by atoms with E-state index in [1.54, 1.807) is 12.2 Å². The van der Waals surface area contributed by atoms with Gasteiger partial charge in [0.25, 0.3) is 0 Å². The van der Waals surface area contributed by atoms with Crippen molar-refractivity contribution in [3.63, 3.8) is 0 Å². The number of aliphatic hydroxyl groups excluding tert-OH is 4. The first kappa shape index (κ1) is 26.0. The molecule has 0 rings (SSSR count). The van der Waals surface area contributed by atoms with Crippen molar-refractivity contribution in [3.8, 4) is 0 Å². The third kappa shape index (κ3) is 45.4. The van der Waals surface area contributed by atoms with E-state index in [0.29, 0.717) is 0 Å². The predicted octanol–water partition coefficient (Wildman–Crippen LogP) is 1.74. The summed E-state index contributed by atoms with van der Waals surface area (Å²) in [6.45, 7) is 14.1. The minimum atomic E-state index is -0.333. The highest BCUT2D eigenvalue weighted by atomic mass is 16.3. The Labute approximate surface area is 112 Å². The molecule has 0 saturated carbocycles. The average Bonchev–Trinajstić information content (AvgIpc) is 2.39. The van der Waals surface area contributed by atoms with Crippen LogP contribution < -0.4 is 0 Å². The first-order chi connectivity index (χ1) is 8.46. The van der Waals surface area contributed by atoms with Crippen LogP contribution in [0.15, 0.2) is 25.3 Å². The molecule has 0 radical (unpaired) electrons. The molecule has 0 amide bonds. The van der Waals surface area contributed by atoms with Gasteiger partial charge in [0.1, 0.15) is 0 Å². The zero-order valence-electron chi connectivity index (χ0n) is 12.3. The van der Waals surface area contributed by atoms with Crippen molar-refractivity contribution in [2.24, 2.45) is 5.92 Å². The minimum absolute atomic E-state index is 0.0278. The van der Waals surface area contributed by atoms with Crippen LogP contribution in [0.4, 0.5) is 0 Å². The van der Waals surface area contributed by atoms with E-state index in [-0.39, 0.29) is 31.8 Å². The van der Waals surface area contributed by atoms with Crippen LogP contribution in [0.25, 0.3) is 0 Å². The smallest absolute Gasteiger partial charge is 0.0662 e. The quantitative estimate of drug-likeness (QED) is 0.583. The predicted molar refractivity (Wildman–Crippen MR) is 78.5 cm³/mol. The van der Waals surface area contributed by atoms with E-state index in [2.05, 4.69) is 13.2 Å². The number of rotatable bonds is 4. The maximum absolute atomic E-state index is 8.97. The van der Waals surface area contributed by atoms with E-state index in [9.17, 15) is 0 Å². The summed E-state index contributed by atoms with van der Waals surface area (Å²) in [5.74, 6) is 0.0278. The average molecular weight is 264 g/mol. The molecule has 0 aromatic heterocycles. The Bertz CT molecular complexity index is 122. The molecule has 4 heteroatoms. The highest BCUT2D eigenvalue weighted by Gasteiger charge is 2.08. The lowest BCUT2D eigenvalue weighted by atomic mass is 10.0. The van der Waals surface area contributed by atoms with Crippen LogP contribution in [0.3, 0.4) is 0 Å². The molecule has 2 atom stereocenters. The standard InChI is InChI=1S/C6H14O2.2C3H6.C2H6O2/c1-3-6(8)5(2)4-7;2*1-3-2;3-1-2-4/h5-8H,3-4H2,1-2H3;2*3H,1H2,2H3;3-4H,1-2H2. The number of hydrogen-bond donors (Lipinski definition) is 4. The summed E-state index contributed by atoms with van der Waals surface area (Å²) in [4.78, 5) is 0. The van der Waals surface area contributed by atoms with Gasteiger partial charge in [-0.2, -0.15) is 0 Å². The molecule has 0 bridgehead atoms. The molecule has 18 heavy (non-hydrogen) atoms. The fraction of sp³-hybridized carbons (Fsp3) is 0.714. The monoisotopic (exact) mass is 264 g/mol. The zero-order chi connectivity index (χ0) is 15.4. The van der Waals surface area contributed by atoms with Crippen LogP contribution in [0.2, 0.25) is 0 Å². The van der Waals surface area contributed by atoms with Crippen LogP contribution in [-0.4, -0.2) is 46.4 Å². The summed E-state index contributed by atoms with van der Waals surface area (Å²) >= 11 is 0. The first-order valence-corrected chi connectivity index (χ1v) is 6.11. The normalized spacial score (nSPS) is 11.1. The topological polar surface area (TPSA) is 80.9 Å². The molecule has 0 aromatic rings. The van der Waals surface area contributed by atoms with E-state index in [0.717, 1.165) is 6.42 Å². The van der Waals surface area contributed by atoms with E-state index >= 15 is 0 Å². The third-order valence-electron chi connectivity index (χ3n) is 1.46. The molecule has 0 aliphatic heterocycles. The second-order valence-corrected chi connectivity index (χ2v) is 3.40. The maximum atomic E-state index is 8.97. The van der Waals surface area contributed by atoms with Crippen LogP contribution in [0, 0.1) is 5.92 Å². The van der Waals surface area contributed by atoms with Crippen molar-refractivity contribution in [1.29, 1.82) is 0 Å². The SMILES string of the molecule is C=CC.C=CC.CCC(O)C(C)CO.OCCO. The summed E-state index contributed by atoms with van der Waals surface area (Å²) < 4.78 is 0. The maximum Gasteiger partial charge on any atom is 0.0662 e. The lowest BCUT2D eigenvalue weighted by Gasteiger charge is -2.12. The molecule has 0 aliphatic carbocycles. The Hall–Kier alpha value is -0.680. The lowest BCUT2D eigenvalue weighted by molar-refractivity contribution is 0.0744. The van der Waals surface area contributed by atoms with Crippen LogP contribution in [0.5, 0.6) is 0 Å². The summed E-state index contributed by atoms with van der Waals surface area (Å²) in [5.41, 5.74) is 0. The van der Waals surface area contributed by atoms with E-state index < -0.39 is 0 Å². The molecule has 0 aromatic carbocycles. The highest BCUT2D eigenvalue weighted by Crippen LogP contribution is 2.03. The molecule has 0 saturated heterocycles. The van der Waals surface area contributed by atoms with Gasteiger partial charge in [0.2, 0.25) is 0 Å². The molecule has 4 N–H and O–H groups in total. The lowest BCUT2D eigenvalue weighted by Crippen LogP contribution is -2.19. The molecule has 4 nitrogen and oxygen atoms in total. The van der Waals surface area contributed by atoms with Gasteiger partial charge in [-0.1, -0.05) is 26.0 Å². The van der Waals surface area contributed by atoms with Crippen molar-refractivity contribution in [2.45, 2.75) is 40.2 Å². The summed E-state index contributed by atoms with van der Waals surface area (Å²) in [6.07, 6.45) is 3.89. The van der Waals surface area contributed by atoms with Gasteiger partial charge in [-0.3, -0.25) is 0 Å². The van der Waals surface area contributed by atoms with Gasteiger partial charge in [0.15, 0.2) is 0 Å². The number of hydrogen-bond acceptors (Lipinski definition) is 4. The summed E-state index contributed by atoms with van der Waals surface area (Å²) in [7, 11) is 0. The molecule has 2 unspecified atom stereocenters. The zero-order valence-corrected chi connectivity index (χ0v) is 12.3. The number of aliphatic hydroxyl groups is 4. The van der Waals surface area contributed by atoms with Gasteiger partial charge in [-0.25, -0.2) is 0 Å². The van der Waals surface area contributed by atoms with Crippen LogP contribution in [-0.2, 0) is 0 Å². The van der Waals surface area contributed by atoms with Crippen molar-refractivity contribution in [1.82, 2.24) is 0 Å². The molecule has 0 aliphatic rings. The Kier molecular flexibility index (Phi) is 43.2. The van der Waals surface area contributed by atoms with Gasteiger partial charge in [-0.05, 0) is 20.3 Å². The molecular formula is C14H32O4. The highest BCUT2D eigenvalue weighted by molar-refractivity contribution is 4.59. The third-order valence-corrected chi connectivity index (χ3v) is 1.46. The molecule has 0 spiro atoms. The second-order valence-electron chi connectivity index (χ2n) is 3.40. The fourth-order valence-electron chi connectivity index (χ4n) is 0.524. The number of allylic oxidation sites excluding steroid dienone is 2. The van der Waals surface area contributed by atoms with Gasteiger partial charge in [-0.15, -0.1) is 13.2 Å². The van der Waals surface area contributed by atoms with Crippen LogP contribution in [0.1, 0.15) is 34.1 Å². The Morgan fingerprint density at radius 1 is 1.00 bits per heavy atom. The minimum Gasteiger partial charge on any atom is -0.396 e. The van der Waals surface area contributed by atoms with E-state index in [1.165, 1.54) is 0 Å². The Balaban J connectivity index is -0.0000000827. The van der Waals surface area contributed by atoms with Gasteiger partial charge in [0, 0.05) is 12.5 Å². The van der Waals surface area contributed by atoms with E-state index in [1.807, 2.05) is 27.7 Å². The van der Waals surface area contributed by atoms with Gasteiger partial charge < -0.3 is 20.4 Å². The van der Waals surface area contributed by atoms with Crippen molar-refractivity contribution in [3.05, 3.63) is 25.3 Å². The largest absolute Gasteiger partial charge is 0.396 e. The molecule has 0 heterocycles. The Morgan fingerprint density at radius 2 is 1.28 bits per heavy atom. The summed E-state index contributed by atoms with van der Waals surface area (Å²) in [5, 5.41) is 32.7. The van der Waals surface area contributed by atoms with Crippen molar-refractivity contribution in [2.75, 3.05) is 19.8 Å². The molecule has 112 valence electrons. The van der Waals surface area contributed by atoms with Gasteiger partial charge >= 0.3 is 0 Å². The summed E-state index contributed by atoms with van der Waals surface area (Å²) in [6, 6.07) is 0. The van der Waals surface area contributed by atoms with Crippen LogP contribution >= 0.6 is 0 Å². The van der Waals surface area contributed by atoms with E-state index in [4.69, 9.17) is 20.4 Å². The van der Waals surface area contributed by atoms with Crippen molar-refractivity contribution >= 4 is 0 Å². The fourth-order valence-corrected chi connectivity index (χ4v) is 0.524. The Morgan fingerprint density at radius 3 is 1.33 bits per heavy atom. The second kappa shape index (κ2) is 29.9. The van der Waals surface area contributed by atoms with Crippen molar-refractivity contribution < 1.29 is 20.4 Å². The molecular weight excluding hydrogens is 232 g/mol. The first-order valence-electron chi connectivity index (χ1n) is 6.11. The molecule has 0 fully saturated rings.